The molecule has 0 aromatic carbocycles. The molecule has 1 atom stereocenters. The molecule has 0 aliphatic rings. The van der Waals surface area contributed by atoms with Crippen LogP contribution in [0.3, 0.4) is 0 Å². The molecule has 8 nitrogen and oxygen atoms in total. The lowest BCUT2D eigenvalue weighted by atomic mass is 10.3. The van der Waals surface area contributed by atoms with Gasteiger partial charge in [0.2, 0.25) is 5.89 Å². The summed E-state index contributed by atoms with van der Waals surface area (Å²) >= 11 is 1.50. The molecule has 0 saturated heterocycles. The highest BCUT2D eigenvalue weighted by molar-refractivity contribution is 7.13. The smallest absolute Gasteiger partial charge is 0.307 e. The van der Waals surface area contributed by atoms with E-state index in [9.17, 15) is 10.1 Å². The Morgan fingerprint density at radius 2 is 2.35 bits per heavy atom. The van der Waals surface area contributed by atoms with Gasteiger partial charge < -0.3 is 4.42 Å². The van der Waals surface area contributed by atoms with E-state index in [2.05, 4.69) is 15.3 Å². The molecule has 0 unspecified atom stereocenters. The lowest BCUT2D eigenvalue weighted by Gasteiger charge is -2.05. The van der Waals surface area contributed by atoms with Crippen molar-refractivity contribution in [3.8, 4) is 10.8 Å². The Morgan fingerprint density at radius 1 is 1.50 bits per heavy atom. The average molecular weight is 291 g/mol. The highest BCUT2D eigenvalue weighted by atomic mass is 32.1. The molecule has 0 saturated carbocycles. The highest BCUT2D eigenvalue weighted by Crippen LogP contribution is 2.26. The summed E-state index contributed by atoms with van der Waals surface area (Å²) in [5.41, 5.74) is -0.0742. The Labute approximate surface area is 116 Å². The predicted molar refractivity (Wildman–Crippen MR) is 70.3 cm³/mol. The maximum Gasteiger partial charge on any atom is 0.307 e. The second-order valence-corrected chi connectivity index (χ2v) is 4.98. The number of rotatable bonds is 4. The van der Waals surface area contributed by atoms with Gasteiger partial charge in [-0.25, -0.2) is 0 Å². The second-order valence-electron chi connectivity index (χ2n) is 4.03. The largest absolute Gasteiger partial charge is 0.418 e. The van der Waals surface area contributed by atoms with Gasteiger partial charge in [-0.2, -0.15) is 5.10 Å². The third kappa shape index (κ3) is 2.18. The summed E-state index contributed by atoms with van der Waals surface area (Å²) in [5.74, 6) is 0.787. The molecule has 3 heterocycles. The topological polar surface area (TPSA) is 99.9 Å². The van der Waals surface area contributed by atoms with Crippen LogP contribution >= 0.6 is 11.3 Å². The zero-order valence-corrected chi connectivity index (χ0v) is 11.1. The molecular weight excluding hydrogens is 282 g/mol. The van der Waals surface area contributed by atoms with Crippen LogP contribution in [0.15, 0.2) is 34.3 Å². The van der Waals surface area contributed by atoms with E-state index in [-0.39, 0.29) is 11.7 Å². The lowest BCUT2D eigenvalue weighted by molar-refractivity contribution is -0.385. The summed E-state index contributed by atoms with van der Waals surface area (Å²) in [4.78, 5) is 11.0. The molecule has 0 radical (unpaired) electrons. The van der Waals surface area contributed by atoms with E-state index >= 15 is 0 Å². The molecule has 9 heteroatoms. The molecule has 0 aliphatic heterocycles. The average Bonchev–Trinajstić information content (AvgIpc) is 3.17. The molecule has 102 valence electrons. The van der Waals surface area contributed by atoms with E-state index in [1.165, 1.54) is 28.4 Å². The minimum atomic E-state index is -0.499. The first-order valence-corrected chi connectivity index (χ1v) is 6.59. The van der Waals surface area contributed by atoms with Crippen LogP contribution in [-0.4, -0.2) is 24.9 Å². The number of aromatic nitrogens is 4. The van der Waals surface area contributed by atoms with E-state index < -0.39 is 4.92 Å². The highest BCUT2D eigenvalue weighted by Gasteiger charge is 2.20. The molecule has 0 fully saturated rings. The van der Waals surface area contributed by atoms with Crippen molar-refractivity contribution in [3.63, 3.8) is 0 Å². The zero-order chi connectivity index (χ0) is 14.1. The van der Waals surface area contributed by atoms with Gasteiger partial charge in [0.1, 0.15) is 18.4 Å². The standard InChI is InChI=1S/C11H9N5O3S/c1-7(15-6-8(5-12-15)16(17)18)10-13-14-11(19-10)9-3-2-4-20-9/h2-7H,1H3/t7-/m1/s1. The maximum absolute atomic E-state index is 10.6. The van der Waals surface area contributed by atoms with Gasteiger partial charge in [0, 0.05) is 0 Å². The molecule has 3 aromatic heterocycles. The monoisotopic (exact) mass is 291 g/mol. The van der Waals surface area contributed by atoms with Gasteiger partial charge in [0.05, 0.1) is 9.80 Å². The molecule has 0 aliphatic carbocycles. The maximum atomic E-state index is 10.6. The molecule has 3 rings (SSSR count). The number of nitrogens with zero attached hydrogens (tertiary/aromatic N) is 5. The van der Waals surface area contributed by atoms with Crippen LogP contribution in [0.2, 0.25) is 0 Å². The third-order valence-corrected chi connectivity index (χ3v) is 3.58. The summed E-state index contributed by atoms with van der Waals surface area (Å²) in [7, 11) is 0. The van der Waals surface area contributed by atoms with Crippen LogP contribution in [0, 0.1) is 10.1 Å². The zero-order valence-electron chi connectivity index (χ0n) is 10.3. The van der Waals surface area contributed by atoms with Crippen molar-refractivity contribution in [1.82, 2.24) is 20.0 Å². The second kappa shape index (κ2) is 4.85. The fourth-order valence-corrected chi connectivity index (χ4v) is 2.29. The first-order valence-electron chi connectivity index (χ1n) is 5.71. The normalized spacial score (nSPS) is 12.4. The van der Waals surface area contributed by atoms with Gasteiger partial charge in [0.15, 0.2) is 0 Å². The Balaban J connectivity index is 1.86. The van der Waals surface area contributed by atoms with Gasteiger partial charge in [-0.15, -0.1) is 21.5 Å². The van der Waals surface area contributed by atoms with Crippen LogP contribution in [-0.2, 0) is 0 Å². The van der Waals surface area contributed by atoms with E-state index in [1.54, 1.807) is 6.92 Å². The van der Waals surface area contributed by atoms with Crippen molar-refractivity contribution in [1.29, 1.82) is 0 Å². The summed E-state index contributed by atoms with van der Waals surface area (Å²) in [6, 6.07) is 3.40. The van der Waals surface area contributed by atoms with E-state index in [0.29, 0.717) is 11.8 Å². The van der Waals surface area contributed by atoms with Crippen molar-refractivity contribution >= 4 is 17.0 Å². The Kier molecular flexibility index (Phi) is 3.03. The van der Waals surface area contributed by atoms with Crippen LogP contribution in [0.1, 0.15) is 18.9 Å². The molecule has 0 bridgehead atoms. The number of hydrogen-bond acceptors (Lipinski definition) is 7. The number of thiophene rings is 1. The first kappa shape index (κ1) is 12.5. The molecule has 0 amide bonds. The predicted octanol–water partition coefficient (Wildman–Crippen LogP) is 2.51. The van der Waals surface area contributed by atoms with Crippen molar-refractivity contribution in [2.45, 2.75) is 13.0 Å². The SMILES string of the molecule is C[C@H](c1nnc(-c2cccs2)o1)n1cc([N+](=O)[O-])cn1. The van der Waals surface area contributed by atoms with E-state index in [1.807, 2.05) is 17.5 Å². The minimum Gasteiger partial charge on any atom is -0.418 e. The van der Waals surface area contributed by atoms with Crippen molar-refractivity contribution in [2.24, 2.45) is 0 Å². The Hall–Kier alpha value is -2.55. The fraction of sp³-hybridized carbons (Fsp3) is 0.182. The number of hydrogen-bond donors (Lipinski definition) is 0. The first-order chi connectivity index (χ1) is 9.65. The quantitative estimate of drug-likeness (QED) is 0.541. The van der Waals surface area contributed by atoms with Crippen molar-refractivity contribution in [3.05, 3.63) is 45.9 Å². The molecule has 0 N–H and O–H groups in total. The Bertz CT molecular complexity index is 733. The summed E-state index contributed by atoms with van der Waals surface area (Å²) in [5, 5.41) is 24.4. The summed E-state index contributed by atoms with van der Waals surface area (Å²) in [6.07, 6.45) is 2.52. The van der Waals surface area contributed by atoms with Crippen LogP contribution < -0.4 is 0 Å². The third-order valence-electron chi connectivity index (χ3n) is 2.73. The van der Waals surface area contributed by atoms with Gasteiger partial charge in [-0.3, -0.25) is 14.8 Å². The van der Waals surface area contributed by atoms with E-state index in [4.69, 9.17) is 4.42 Å². The van der Waals surface area contributed by atoms with Gasteiger partial charge in [-0.1, -0.05) is 6.07 Å². The fourth-order valence-electron chi connectivity index (χ4n) is 1.65. The Morgan fingerprint density at radius 3 is 3.00 bits per heavy atom. The molecule has 3 aromatic rings. The van der Waals surface area contributed by atoms with Crippen LogP contribution in [0.4, 0.5) is 5.69 Å². The van der Waals surface area contributed by atoms with Gasteiger partial charge in [0.25, 0.3) is 5.89 Å². The molecule has 20 heavy (non-hydrogen) atoms. The summed E-state index contributed by atoms with van der Waals surface area (Å²) in [6.45, 7) is 1.78. The summed E-state index contributed by atoms with van der Waals surface area (Å²) < 4.78 is 6.99. The van der Waals surface area contributed by atoms with Crippen LogP contribution in [0.25, 0.3) is 10.8 Å². The van der Waals surface area contributed by atoms with Crippen molar-refractivity contribution in [2.75, 3.05) is 0 Å². The van der Waals surface area contributed by atoms with Crippen LogP contribution in [0.5, 0.6) is 0 Å². The number of nitro groups is 1. The lowest BCUT2D eigenvalue weighted by Crippen LogP contribution is -2.07. The minimum absolute atomic E-state index is 0.0742. The molecular formula is C11H9N5O3S. The van der Waals surface area contributed by atoms with E-state index in [0.717, 1.165) is 4.88 Å². The van der Waals surface area contributed by atoms with Crippen molar-refractivity contribution < 1.29 is 9.34 Å². The molecule has 0 spiro atoms. The van der Waals surface area contributed by atoms with Gasteiger partial charge in [-0.05, 0) is 18.4 Å². The van der Waals surface area contributed by atoms with Gasteiger partial charge >= 0.3 is 5.69 Å².